The fourth-order valence-corrected chi connectivity index (χ4v) is 9.40. The third kappa shape index (κ3) is 4.41. The maximum absolute atomic E-state index is 6.55. The van der Waals surface area contributed by atoms with Crippen molar-refractivity contribution in [2.45, 2.75) is 0 Å². The fourth-order valence-electron chi connectivity index (χ4n) is 9.40. The van der Waals surface area contributed by atoms with Crippen LogP contribution in [0.15, 0.2) is 199 Å². The van der Waals surface area contributed by atoms with E-state index < -0.39 is 0 Å². The Morgan fingerprint density at radius 1 is 0.218 bits per heavy atom. The molecule has 0 fully saturated rings. The lowest BCUT2D eigenvalue weighted by Gasteiger charge is -2.14. The van der Waals surface area contributed by atoms with Crippen LogP contribution in [0.5, 0.6) is 0 Å². The third-order valence-corrected chi connectivity index (χ3v) is 11.8. The summed E-state index contributed by atoms with van der Waals surface area (Å²) in [6.07, 6.45) is 0. The molecule has 12 rings (SSSR count). The molecule has 1 heteroatoms. The lowest BCUT2D eigenvalue weighted by atomic mass is 9.89. The molecule has 0 aliphatic heterocycles. The van der Waals surface area contributed by atoms with Gasteiger partial charge in [-0.05, 0) is 116 Å². The quantitative estimate of drug-likeness (QED) is 0.167. The van der Waals surface area contributed by atoms with Crippen molar-refractivity contribution in [3.8, 4) is 11.1 Å². The van der Waals surface area contributed by atoms with E-state index >= 15 is 0 Å². The average molecular weight is 697 g/mol. The van der Waals surface area contributed by atoms with Crippen LogP contribution in [-0.2, 0) is 0 Å². The molecule has 11 aromatic carbocycles. The van der Waals surface area contributed by atoms with E-state index in [-0.39, 0.29) is 0 Å². The van der Waals surface area contributed by atoms with E-state index in [1.165, 1.54) is 86.2 Å². The van der Waals surface area contributed by atoms with Crippen molar-refractivity contribution < 1.29 is 4.42 Å². The largest absolute Gasteiger partial charge is 0.455 e. The zero-order chi connectivity index (χ0) is 36.0. The number of hydrogen-bond acceptors (Lipinski definition) is 1. The highest BCUT2D eigenvalue weighted by Crippen LogP contribution is 2.43. The van der Waals surface area contributed by atoms with E-state index in [0.29, 0.717) is 0 Å². The molecule has 1 heterocycles. The van der Waals surface area contributed by atoms with Crippen molar-refractivity contribution >= 4 is 108 Å². The maximum Gasteiger partial charge on any atom is 0.143 e. The number of hydrogen-bond donors (Lipinski definition) is 0. The van der Waals surface area contributed by atoms with Crippen LogP contribution in [0, 0.1) is 0 Å². The molecule has 0 amide bonds. The molecule has 1 nitrogen and oxygen atoms in total. The molecule has 0 saturated carbocycles. The van der Waals surface area contributed by atoms with Gasteiger partial charge in [0.2, 0.25) is 0 Å². The van der Waals surface area contributed by atoms with Gasteiger partial charge in [-0.1, -0.05) is 170 Å². The second-order valence-electron chi connectivity index (χ2n) is 14.7. The summed E-state index contributed by atoms with van der Waals surface area (Å²) in [5, 5.41) is 22.1. The molecule has 0 saturated heterocycles. The molecule has 55 heavy (non-hydrogen) atoms. The van der Waals surface area contributed by atoms with Gasteiger partial charge in [0.05, 0.1) is 0 Å². The van der Waals surface area contributed by atoms with Crippen LogP contribution >= 0.6 is 0 Å². The van der Waals surface area contributed by atoms with Gasteiger partial charge in [-0.15, -0.1) is 0 Å². The summed E-state index contributed by atoms with van der Waals surface area (Å²) in [5.74, 6) is 0. The summed E-state index contributed by atoms with van der Waals surface area (Å²) < 4.78 is 6.55. The van der Waals surface area contributed by atoms with Crippen LogP contribution in [0.1, 0.15) is 0 Å². The molecule has 0 aliphatic carbocycles. The number of para-hydroxylation sites is 2. The Morgan fingerprint density at radius 2 is 0.545 bits per heavy atom. The van der Waals surface area contributed by atoms with E-state index in [1.807, 2.05) is 6.07 Å². The molecule has 0 atom stereocenters. The molecule has 0 unspecified atom stereocenters. The minimum atomic E-state index is 0.912. The first-order valence-corrected chi connectivity index (χ1v) is 19.0. The molecule has 254 valence electrons. The van der Waals surface area contributed by atoms with Crippen molar-refractivity contribution in [3.05, 3.63) is 194 Å². The first-order chi connectivity index (χ1) is 27.3. The minimum absolute atomic E-state index is 0.912. The topological polar surface area (TPSA) is 13.1 Å². The molecule has 0 N–H and O–H groups in total. The van der Waals surface area contributed by atoms with Crippen LogP contribution in [0.3, 0.4) is 0 Å². The molecular weight excluding hydrogens is 665 g/mol. The van der Waals surface area contributed by atoms with Crippen LogP contribution in [0.2, 0.25) is 0 Å². The van der Waals surface area contributed by atoms with E-state index in [4.69, 9.17) is 4.42 Å². The first-order valence-electron chi connectivity index (χ1n) is 19.0. The predicted molar refractivity (Wildman–Crippen MR) is 237 cm³/mol. The monoisotopic (exact) mass is 696 g/mol. The van der Waals surface area contributed by atoms with E-state index in [1.54, 1.807) is 0 Å². The van der Waals surface area contributed by atoms with Gasteiger partial charge < -0.3 is 4.42 Å². The summed E-state index contributed by atoms with van der Waals surface area (Å²) >= 11 is 0. The molecule has 0 radical (unpaired) electrons. The molecule has 12 aromatic rings. The van der Waals surface area contributed by atoms with Crippen LogP contribution in [0.25, 0.3) is 119 Å². The highest BCUT2D eigenvalue weighted by Gasteiger charge is 2.16. The third-order valence-electron chi connectivity index (χ3n) is 11.8. The second kappa shape index (κ2) is 11.6. The summed E-state index contributed by atoms with van der Waals surface area (Å²) in [5.41, 5.74) is 4.07. The molecule has 0 spiro atoms. The Kier molecular flexibility index (Phi) is 6.40. The summed E-state index contributed by atoms with van der Waals surface area (Å²) in [6, 6.07) is 71.4. The van der Waals surface area contributed by atoms with E-state index in [2.05, 4.69) is 188 Å². The molecular formula is C54H32O. The average Bonchev–Trinajstić information content (AvgIpc) is 3.64. The van der Waals surface area contributed by atoms with Crippen LogP contribution in [-0.4, -0.2) is 0 Å². The number of rotatable bonds is 1. The normalized spacial score (nSPS) is 12.0. The molecule has 0 bridgehead atoms. The van der Waals surface area contributed by atoms with Crippen molar-refractivity contribution in [1.29, 1.82) is 0 Å². The lowest BCUT2D eigenvalue weighted by Crippen LogP contribution is -1.87. The lowest BCUT2D eigenvalue weighted by molar-refractivity contribution is 0.670. The zero-order valence-electron chi connectivity index (χ0n) is 29.9. The Hall–Kier alpha value is -7.22. The SMILES string of the molecule is c1ccc2c(c1)oc1c(-c3ccc4c5ccccc5c5cc6c7ccccc7c7ccccc7c7ccccc7c6cc5c5ccccc5c4c3)cccc12. The Labute approximate surface area is 316 Å². The fraction of sp³-hybridized carbons (Fsp3) is 0. The number of furan rings is 1. The minimum Gasteiger partial charge on any atom is -0.455 e. The maximum atomic E-state index is 6.55. The second-order valence-corrected chi connectivity index (χ2v) is 14.7. The van der Waals surface area contributed by atoms with Gasteiger partial charge in [0.1, 0.15) is 11.2 Å². The van der Waals surface area contributed by atoms with Crippen LogP contribution in [0.4, 0.5) is 0 Å². The van der Waals surface area contributed by atoms with Crippen molar-refractivity contribution in [2.24, 2.45) is 0 Å². The van der Waals surface area contributed by atoms with Crippen LogP contribution < -0.4 is 0 Å². The smallest absolute Gasteiger partial charge is 0.143 e. The summed E-state index contributed by atoms with van der Waals surface area (Å²) in [7, 11) is 0. The first kappa shape index (κ1) is 30.3. The highest BCUT2D eigenvalue weighted by molar-refractivity contribution is 6.32. The van der Waals surface area contributed by atoms with Gasteiger partial charge in [-0.25, -0.2) is 0 Å². The highest BCUT2D eigenvalue weighted by atomic mass is 16.3. The van der Waals surface area contributed by atoms with Gasteiger partial charge in [0.25, 0.3) is 0 Å². The Morgan fingerprint density at radius 3 is 0.982 bits per heavy atom. The standard InChI is InChI=1S/C54H32O/c1-2-15-36-35(14-1)37-16-3-6-19-40(37)49-31-51-42-21-8-5-18-39(42)45-29-28-33(34-25-13-26-47-46-24-11-12-27-53(46)55-54(34)47)30-48(45)43-22-9-10-23-44(43)52(51)32-50(49)41-20-7-4-17-38(36)41/h1-32H. The van der Waals surface area contributed by atoms with Crippen molar-refractivity contribution in [2.75, 3.05) is 0 Å². The van der Waals surface area contributed by atoms with Crippen molar-refractivity contribution in [3.63, 3.8) is 0 Å². The Bertz CT molecular complexity index is 3660. The van der Waals surface area contributed by atoms with Gasteiger partial charge >= 0.3 is 0 Å². The number of benzene rings is 9. The van der Waals surface area contributed by atoms with Gasteiger partial charge in [0.15, 0.2) is 0 Å². The van der Waals surface area contributed by atoms with Gasteiger partial charge in [-0.3, -0.25) is 0 Å². The predicted octanol–water partition coefficient (Wildman–Crippen LogP) is 15.6. The van der Waals surface area contributed by atoms with E-state index in [0.717, 1.165) is 33.1 Å². The van der Waals surface area contributed by atoms with Gasteiger partial charge in [0, 0.05) is 16.3 Å². The van der Waals surface area contributed by atoms with E-state index in [9.17, 15) is 0 Å². The zero-order valence-corrected chi connectivity index (χ0v) is 29.9. The Balaban J connectivity index is 1.30. The van der Waals surface area contributed by atoms with Crippen molar-refractivity contribution in [1.82, 2.24) is 0 Å². The summed E-state index contributed by atoms with van der Waals surface area (Å²) in [4.78, 5) is 0. The molecule has 1 aromatic heterocycles. The van der Waals surface area contributed by atoms with Gasteiger partial charge in [-0.2, -0.15) is 0 Å². The summed E-state index contributed by atoms with van der Waals surface area (Å²) in [6.45, 7) is 0. The molecule has 0 aliphatic rings. The number of fused-ring (bicyclic) bond motifs is 19.